The van der Waals surface area contributed by atoms with Crippen molar-refractivity contribution in [2.24, 2.45) is 0 Å². The van der Waals surface area contributed by atoms with Crippen molar-refractivity contribution in [2.75, 3.05) is 0 Å². The quantitative estimate of drug-likeness (QED) is 0.730. The third-order valence-corrected chi connectivity index (χ3v) is 2.56. The first kappa shape index (κ1) is 9.00. The topological polar surface area (TPSA) is 32.9 Å². The van der Waals surface area contributed by atoms with Crippen LogP contribution >= 0.6 is 0 Å². The Kier molecular flexibility index (Phi) is 2.12. The number of aromatic nitrogens is 1. The average molecular weight is 187 g/mol. The van der Waals surface area contributed by atoms with Crippen LogP contribution in [0.25, 0.3) is 10.9 Å². The lowest BCUT2D eigenvalue weighted by Crippen LogP contribution is -2.02. The number of H-pyrrole nitrogens is 1. The van der Waals surface area contributed by atoms with E-state index < -0.39 is 0 Å². The third kappa shape index (κ3) is 1.43. The van der Waals surface area contributed by atoms with Gasteiger partial charge in [-0.3, -0.25) is 4.79 Å². The summed E-state index contributed by atoms with van der Waals surface area (Å²) >= 11 is 0. The fraction of sp³-hybridized carbons (Fsp3) is 0.250. The minimum absolute atomic E-state index is 0.0406. The smallest absolute Gasteiger partial charge is 0.248 e. The van der Waals surface area contributed by atoms with Crippen LogP contribution in [-0.4, -0.2) is 4.98 Å². The molecule has 0 aliphatic carbocycles. The number of nitrogens with one attached hydrogen (secondary N) is 1. The molecular weight excluding hydrogens is 174 g/mol. The second kappa shape index (κ2) is 3.29. The van der Waals surface area contributed by atoms with Crippen molar-refractivity contribution >= 4 is 10.9 Å². The van der Waals surface area contributed by atoms with Gasteiger partial charge in [-0.05, 0) is 48.1 Å². The maximum Gasteiger partial charge on any atom is 0.248 e. The largest absolute Gasteiger partial charge is 0.322 e. The summed E-state index contributed by atoms with van der Waals surface area (Å²) in [6.45, 7) is 4.21. The third-order valence-electron chi connectivity index (χ3n) is 2.56. The van der Waals surface area contributed by atoms with E-state index in [1.54, 1.807) is 6.07 Å². The van der Waals surface area contributed by atoms with E-state index in [1.807, 2.05) is 12.1 Å². The van der Waals surface area contributed by atoms with E-state index in [4.69, 9.17) is 0 Å². The van der Waals surface area contributed by atoms with E-state index in [0.29, 0.717) is 0 Å². The van der Waals surface area contributed by atoms with Gasteiger partial charge in [-0.15, -0.1) is 0 Å². The van der Waals surface area contributed by atoms with Crippen molar-refractivity contribution in [3.8, 4) is 0 Å². The summed E-state index contributed by atoms with van der Waals surface area (Å²) in [7, 11) is 0. The van der Waals surface area contributed by atoms with Crippen molar-refractivity contribution in [1.29, 1.82) is 0 Å². The molecule has 72 valence electrons. The molecule has 0 saturated heterocycles. The SMILES string of the molecule is CCc1cc2ccc(=O)[nH]c2cc1C. The Labute approximate surface area is 82.6 Å². The number of aromatic amines is 1. The number of aryl methyl sites for hydroxylation is 2. The molecule has 1 heterocycles. The van der Waals surface area contributed by atoms with Gasteiger partial charge in [-0.25, -0.2) is 0 Å². The lowest BCUT2D eigenvalue weighted by molar-refractivity contribution is 1.11. The number of rotatable bonds is 1. The molecule has 0 radical (unpaired) electrons. The van der Waals surface area contributed by atoms with E-state index in [1.165, 1.54) is 11.1 Å². The predicted molar refractivity (Wildman–Crippen MR) is 58.7 cm³/mol. The number of benzene rings is 1. The number of pyridine rings is 1. The van der Waals surface area contributed by atoms with Crippen molar-refractivity contribution < 1.29 is 0 Å². The molecule has 1 aromatic heterocycles. The standard InChI is InChI=1S/C12H13NO/c1-3-9-7-10-4-5-12(14)13-11(10)6-8(9)2/h4-7H,3H2,1-2H3,(H,13,14). The highest BCUT2D eigenvalue weighted by Gasteiger charge is 1.99. The summed E-state index contributed by atoms with van der Waals surface area (Å²) in [5, 5.41) is 1.10. The van der Waals surface area contributed by atoms with Crippen LogP contribution < -0.4 is 5.56 Å². The van der Waals surface area contributed by atoms with Crippen LogP contribution in [0.1, 0.15) is 18.1 Å². The number of hydrogen-bond acceptors (Lipinski definition) is 1. The highest BCUT2D eigenvalue weighted by Crippen LogP contribution is 2.17. The van der Waals surface area contributed by atoms with Gasteiger partial charge in [0.2, 0.25) is 5.56 Å². The molecule has 2 aromatic rings. The Morgan fingerprint density at radius 2 is 2.07 bits per heavy atom. The Hall–Kier alpha value is -1.57. The maximum absolute atomic E-state index is 11.1. The maximum atomic E-state index is 11.1. The van der Waals surface area contributed by atoms with Gasteiger partial charge in [0, 0.05) is 11.6 Å². The fourth-order valence-corrected chi connectivity index (χ4v) is 1.74. The second-order valence-electron chi connectivity index (χ2n) is 3.54. The van der Waals surface area contributed by atoms with Crippen molar-refractivity contribution in [1.82, 2.24) is 4.98 Å². The first-order chi connectivity index (χ1) is 6.70. The lowest BCUT2D eigenvalue weighted by atomic mass is 10.0. The molecule has 2 rings (SSSR count). The molecule has 1 N–H and O–H groups in total. The molecule has 0 aliphatic heterocycles. The zero-order valence-electron chi connectivity index (χ0n) is 8.42. The van der Waals surface area contributed by atoms with E-state index in [0.717, 1.165) is 17.3 Å². The van der Waals surface area contributed by atoms with Gasteiger partial charge in [-0.1, -0.05) is 6.92 Å². The zero-order valence-corrected chi connectivity index (χ0v) is 8.42. The van der Waals surface area contributed by atoms with Gasteiger partial charge < -0.3 is 4.98 Å². The Morgan fingerprint density at radius 1 is 1.29 bits per heavy atom. The molecule has 1 aromatic carbocycles. The van der Waals surface area contributed by atoms with Crippen LogP contribution in [0.15, 0.2) is 29.1 Å². The minimum Gasteiger partial charge on any atom is -0.322 e. The lowest BCUT2D eigenvalue weighted by Gasteiger charge is -2.05. The molecule has 0 fully saturated rings. The Bertz CT molecular complexity index is 525. The highest BCUT2D eigenvalue weighted by molar-refractivity contribution is 5.80. The van der Waals surface area contributed by atoms with Gasteiger partial charge in [0.05, 0.1) is 0 Å². The zero-order chi connectivity index (χ0) is 10.1. The molecule has 0 bridgehead atoms. The molecule has 0 spiro atoms. The summed E-state index contributed by atoms with van der Waals surface area (Å²) < 4.78 is 0. The van der Waals surface area contributed by atoms with Crippen LogP contribution in [-0.2, 0) is 6.42 Å². The van der Waals surface area contributed by atoms with Gasteiger partial charge >= 0.3 is 0 Å². The second-order valence-corrected chi connectivity index (χ2v) is 3.54. The number of fused-ring (bicyclic) bond motifs is 1. The summed E-state index contributed by atoms with van der Waals surface area (Å²) in [5.74, 6) is 0. The van der Waals surface area contributed by atoms with Crippen LogP contribution in [0.4, 0.5) is 0 Å². The molecule has 0 unspecified atom stereocenters. The summed E-state index contributed by atoms with van der Waals surface area (Å²) in [6.07, 6.45) is 1.03. The normalized spacial score (nSPS) is 10.7. The Morgan fingerprint density at radius 3 is 2.79 bits per heavy atom. The summed E-state index contributed by atoms with van der Waals surface area (Å²) in [5.41, 5.74) is 3.46. The number of hydrogen-bond donors (Lipinski definition) is 1. The fourth-order valence-electron chi connectivity index (χ4n) is 1.74. The molecular formula is C12H13NO. The van der Waals surface area contributed by atoms with E-state index in [9.17, 15) is 4.79 Å². The van der Waals surface area contributed by atoms with E-state index >= 15 is 0 Å². The van der Waals surface area contributed by atoms with E-state index in [2.05, 4.69) is 24.9 Å². The molecule has 2 heteroatoms. The van der Waals surface area contributed by atoms with Crippen molar-refractivity contribution in [3.05, 3.63) is 45.7 Å². The van der Waals surface area contributed by atoms with Crippen LogP contribution in [0.3, 0.4) is 0 Å². The van der Waals surface area contributed by atoms with E-state index in [-0.39, 0.29) is 5.56 Å². The van der Waals surface area contributed by atoms with Gasteiger partial charge in [0.25, 0.3) is 0 Å². The first-order valence-electron chi connectivity index (χ1n) is 4.83. The molecule has 0 saturated carbocycles. The average Bonchev–Trinajstić information content (AvgIpc) is 2.16. The first-order valence-corrected chi connectivity index (χ1v) is 4.83. The molecule has 0 amide bonds. The molecule has 2 nitrogen and oxygen atoms in total. The Balaban J connectivity index is 2.79. The summed E-state index contributed by atoms with van der Waals surface area (Å²) in [4.78, 5) is 13.9. The highest BCUT2D eigenvalue weighted by atomic mass is 16.1. The van der Waals surface area contributed by atoms with Crippen molar-refractivity contribution in [2.45, 2.75) is 20.3 Å². The van der Waals surface area contributed by atoms with Gasteiger partial charge in [0.1, 0.15) is 0 Å². The van der Waals surface area contributed by atoms with Gasteiger partial charge in [-0.2, -0.15) is 0 Å². The molecule has 0 atom stereocenters. The minimum atomic E-state index is -0.0406. The van der Waals surface area contributed by atoms with Crippen molar-refractivity contribution in [3.63, 3.8) is 0 Å². The van der Waals surface area contributed by atoms with Crippen LogP contribution in [0, 0.1) is 6.92 Å². The molecule has 14 heavy (non-hydrogen) atoms. The van der Waals surface area contributed by atoms with Gasteiger partial charge in [0.15, 0.2) is 0 Å². The summed E-state index contributed by atoms with van der Waals surface area (Å²) in [6, 6.07) is 7.61. The van der Waals surface area contributed by atoms with Crippen LogP contribution in [0.2, 0.25) is 0 Å². The molecule has 0 aliphatic rings. The van der Waals surface area contributed by atoms with Crippen LogP contribution in [0.5, 0.6) is 0 Å². The monoisotopic (exact) mass is 187 g/mol. The predicted octanol–water partition coefficient (Wildman–Crippen LogP) is 2.40.